The predicted octanol–water partition coefficient (Wildman–Crippen LogP) is 3.60. The summed E-state index contributed by atoms with van der Waals surface area (Å²) in [5, 5.41) is 15.3. The number of carbonyl (C=O) groups excluding carboxylic acids is 1. The summed E-state index contributed by atoms with van der Waals surface area (Å²) >= 11 is 2.21. The van der Waals surface area contributed by atoms with Crippen molar-refractivity contribution in [3.63, 3.8) is 0 Å². The standard InChI is InChI=1S/C19H19FIN5O/c1-12(2)18(13-7-9-14(20)10-8-13)22-17(27)11-26-24-19(23-25-26)15-5-3-4-6-16(15)21/h3-10,12,18H,11H2,1-2H3,(H,22,27)/t18-/m0/s1. The zero-order valence-electron chi connectivity index (χ0n) is 14.9. The molecule has 0 bridgehead atoms. The van der Waals surface area contributed by atoms with Crippen molar-refractivity contribution in [3.8, 4) is 11.4 Å². The third kappa shape index (κ3) is 4.88. The van der Waals surface area contributed by atoms with E-state index in [-0.39, 0.29) is 30.2 Å². The number of nitrogens with one attached hydrogen (secondary N) is 1. The topological polar surface area (TPSA) is 72.7 Å². The van der Waals surface area contributed by atoms with Gasteiger partial charge >= 0.3 is 0 Å². The minimum atomic E-state index is -0.303. The number of amides is 1. The van der Waals surface area contributed by atoms with Gasteiger partial charge in [0.15, 0.2) is 0 Å². The number of carbonyl (C=O) groups is 1. The number of aromatic nitrogens is 4. The lowest BCUT2D eigenvalue weighted by atomic mass is 9.96. The molecule has 0 radical (unpaired) electrons. The fraction of sp³-hybridized carbons (Fsp3) is 0.263. The van der Waals surface area contributed by atoms with Crippen molar-refractivity contribution in [1.29, 1.82) is 0 Å². The van der Waals surface area contributed by atoms with E-state index in [0.29, 0.717) is 5.82 Å². The summed E-state index contributed by atoms with van der Waals surface area (Å²) in [6.45, 7) is 3.95. The fourth-order valence-electron chi connectivity index (χ4n) is 2.71. The van der Waals surface area contributed by atoms with Crippen LogP contribution in [0.2, 0.25) is 0 Å². The molecule has 0 unspecified atom stereocenters. The Morgan fingerprint density at radius 3 is 2.56 bits per heavy atom. The van der Waals surface area contributed by atoms with Crippen molar-refractivity contribution in [1.82, 2.24) is 25.5 Å². The summed E-state index contributed by atoms with van der Waals surface area (Å²) in [6, 6.07) is 13.6. The van der Waals surface area contributed by atoms with E-state index in [9.17, 15) is 9.18 Å². The normalized spacial score (nSPS) is 12.2. The van der Waals surface area contributed by atoms with Gasteiger partial charge in [-0.25, -0.2) is 4.39 Å². The number of hydrogen-bond donors (Lipinski definition) is 1. The molecule has 27 heavy (non-hydrogen) atoms. The molecule has 0 saturated carbocycles. The molecular weight excluding hydrogens is 460 g/mol. The van der Waals surface area contributed by atoms with Crippen LogP contribution in [0.25, 0.3) is 11.4 Å². The van der Waals surface area contributed by atoms with Gasteiger partial charge in [0.2, 0.25) is 11.7 Å². The zero-order chi connectivity index (χ0) is 19.4. The SMILES string of the molecule is CC(C)[C@H](NC(=O)Cn1nnc(-c2ccccc2I)n1)c1ccc(F)cc1. The Bertz CT molecular complexity index is 926. The lowest BCUT2D eigenvalue weighted by Gasteiger charge is -2.22. The molecule has 1 N–H and O–H groups in total. The van der Waals surface area contributed by atoms with Crippen LogP contribution < -0.4 is 5.32 Å². The Hall–Kier alpha value is -2.36. The van der Waals surface area contributed by atoms with E-state index in [4.69, 9.17) is 0 Å². The van der Waals surface area contributed by atoms with E-state index in [2.05, 4.69) is 43.3 Å². The molecule has 0 fully saturated rings. The zero-order valence-corrected chi connectivity index (χ0v) is 17.1. The van der Waals surface area contributed by atoms with Crippen molar-refractivity contribution in [2.45, 2.75) is 26.4 Å². The largest absolute Gasteiger partial charge is 0.347 e. The number of benzene rings is 2. The predicted molar refractivity (Wildman–Crippen MR) is 108 cm³/mol. The van der Waals surface area contributed by atoms with Gasteiger partial charge in [-0.3, -0.25) is 4.79 Å². The molecular formula is C19H19FIN5O. The highest BCUT2D eigenvalue weighted by atomic mass is 127. The molecule has 2 aromatic carbocycles. The van der Waals surface area contributed by atoms with Crippen LogP contribution in [0.5, 0.6) is 0 Å². The monoisotopic (exact) mass is 479 g/mol. The second kappa shape index (κ2) is 8.55. The van der Waals surface area contributed by atoms with Crippen LogP contribution in [0.15, 0.2) is 48.5 Å². The molecule has 3 rings (SSSR count). The Labute approximate surface area is 170 Å². The first kappa shape index (κ1) is 19.4. The molecule has 0 spiro atoms. The molecule has 1 heterocycles. The molecule has 1 amide bonds. The van der Waals surface area contributed by atoms with Crippen LogP contribution >= 0.6 is 22.6 Å². The number of tetrazole rings is 1. The first-order chi connectivity index (χ1) is 12.9. The van der Waals surface area contributed by atoms with Crippen LogP contribution in [0.1, 0.15) is 25.5 Å². The molecule has 1 aromatic heterocycles. The molecule has 0 saturated heterocycles. The van der Waals surface area contributed by atoms with E-state index in [1.165, 1.54) is 16.9 Å². The molecule has 0 aliphatic rings. The van der Waals surface area contributed by atoms with E-state index < -0.39 is 0 Å². The third-order valence-electron chi connectivity index (χ3n) is 4.06. The average Bonchev–Trinajstić information content (AvgIpc) is 3.09. The van der Waals surface area contributed by atoms with E-state index in [1.807, 2.05) is 38.1 Å². The summed E-state index contributed by atoms with van der Waals surface area (Å²) in [7, 11) is 0. The molecule has 1 atom stereocenters. The second-order valence-electron chi connectivity index (χ2n) is 6.46. The first-order valence-electron chi connectivity index (χ1n) is 8.51. The molecule has 8 heteroatoms. The van der Waals surface area contributed by atoms with Crippen LogP contribution in [-0.4, -0.2) is 26.1 Å². The van der Waals surface area contributed by atoms with Crippen LogP contribution in [-0.2, 0) is 11.3 Å². The van der Waals surface area contributed by atoms with E-state index >= 15 is 0 Å². The van der Waals surface area contributed by atoms with Crippen molar-refractivity contribution in [3.05, 3.63) is 63.5 Å². The minimum absolute atomic E-state index is 0.0408. The van der Waals surface area contributed by atoms with Crippen molar-refractivity contribution >= 4 is 28.5 Å². The van der Waals surface area contributed by atoms with Gasteiger partial charge in [-0.05, 0) is 63.6 Å². The Morgan fingerprint density at radius 2 is 1.89 bits per heavy atom. The van der Waals surface area contributed by atoms with Gasteiger partial charge in [0.25, 0.3) is 0 Å². The highest BCUT2D eigenvalue weighted by Crippen LogP contribution is 2.22. The lowest BCUT2D eigenvalue weighted by molar-refractivity contribution is -0.123. The Kier molecular flexibility index (Phi) is 6.15. The molecule has 0 aliphatic carbocycles. The second-order valence-corrected chi connectivity index (χ2v) is 7.63. The third-order valence-corrected chi connectivity index (χ3v) is 5.01. The summed E-state index contributed by atoms with van der Waals surface area (Å²) in [5.41, 5.74) is 1.72. The van der Waals surface area contributed by atoms with Crippen molar-refractivity contribution < 1.29 is 9.18 Å². The Morgan fingerprint density at radius 1 is 1.19 bits per heavy atom. The number of halogens is 2. The quantitative estimate of drug-likeness (QED) is 0.549. The highest BCUT2D eigenvalue weighted by molar-refractivity contribution is 14.1. The van der Waals surface area contributed by atoms with Gasteiger partial charge in [0.05, 0.1) is 6.04 Å². The van der Waals surface area contributed by atoms with Crippen LogP contribution in [0.4, 0.5) is 4.39 Å². The maximum Gasteiger partial charge on any atom is 0.244 e. The minimum Gasteiger partial charge on any atom is -0.347 e. The maximum absolute atomic E-state index is 13.2. The van der Waals surface area contributed by atoms with E-state index in [0.717, 1.165) is 14.7 Å². The Balaban J connectivity index is 1.70. The van der Waals surface area contributed by atoms with Crippen molar-refractivity contribution in [2.24, 2.45) is 5.92 Å². The van der Waals surface area contributed by atoms with Gasteiger partial charge in [-0.2, -0.15) is 4.80 Å². The first-order valence-corrected chi connectivity index (χ1v) is 9.59. The van der Waals surface area contributed by atoms with Gasteiger partial charge in [0.1, 0.15) is 12.4 Å². The summed E-state index contributed by atoms with van der Waals surface area (Å²) in [6.07, 6.45) is 0. The van der Waals surface area contributed by atoms with Gasteiger partial charge in [-0.1, -0.05) is 38.1 Å². The van der Waals surface area contributed by atoms with Gasteiger partial charge < -0.3 is 5.32 Å². The molecule has 0 aliphatic heterocycles. The fourth-order valence-corrected chi connectivity index (χ4v) is 3.34. The van der Waals surface area contributed by atoms with Crippen LogP contribution in [0.3, 0.4) is 0 Å². The van der Waals surface area contributed by atoms with Gasteiger partial charge in [0, 0.05) is 9.13 Å². The summed E-state index contributed by atoms with van der Waals surface area (Å²) < 4.78 is 14.2. The molecule has 140 valence electrons. The average molecular weight is 479 g/mol. The molecule has 6 nitrogen and oxygen atoms in total. The number of nitrogens with zero attached hydrogens (tertiary/aromatic N) is 4. The van der Waals surface area contributed by atoms with E-state index in [1.54, 1.807) is 12.1 Å². The summed E-state index contributed by atoms with van der Waals surface area (Å²) in [4.78, 5) is 13.7. The van der Waals surface area contributed by atoms with Crippen molar-refractivity contribution in [2.75, 3.05) is 0 Å². The number of rotatable bonds is 6. The number of hydrogen-bond acceptors (Lipinski definition) is 4. The molecule has 3 aromatic rings. The lowest BCUT2D eigenvalue weighted by Crippen LogP contribution is -2.34. The van der Waals surface area contributed by atoms with Crippen LogP contribution in [0, 0.1) is 15.3 Å². The van der Waals surface area contributed by atoms with Gasteiger partial charge in [-0.15, -0.1) is 10.2 Å². The smallest absolute Gasteiger partial charge is 0.244 e. The maximum atomic E-state index is 13.2. The summed E-state index contributed by atoms with van der Waals surface area (Å²) in [5.74, 6) is 0.0866. The highest BCUT2D eigenvalue weighted by Gasteiger charge is 2.19.